The molecule has 0 saturated carbocycles. The van der Waals surface area contributed by atoms with Crippen LogP contribution in [0.1, 0.15) is 31.2 Å². The van der Waals surface area contributed by atoms with E-state index >= 15 is 0 Å². The number of nitrogens with one attached hydrogen (secondary N) is 1. The highest BCUT2D eigenvalue weighted by molar-refractivity contribution is 7.89. The summed E-state index contributed by atoms with van der Waals surface area (Å²) in [6, 6.07) is 11.5. The van der Waals surface area contributed by atoms with Gasteiger partial charge in [0.15, 0.2) is 0 Å². The van der Waals surface area contributed by atoms with Gasteiger partial charge in [-0.1, -0.05) is 18.2 Å². The number of aromatic nitrogens is 2. The quantitative estimate of drug-likeness (QED) is 0.470. The number of aryl methyl sites for hydroxylation is 1. The van der Waals surface area contributed by atoms with Gasteiger partial charge in [-0.2, -0.15) is 9.40 Å². The van der Waals surface area contributed by atoms with Gasteiger partial charge in [-0.15, -0.1) is 0 Å². The van der Waals surface area contributed by atoms with Crippen LogP contribution in [0.5, 0.6) is 11.5 Å². The summed E-state index contributed by atoms with van der Waals surface area (Å²) in [6.45, 7) is 2.39. The van der Waals surface area contributed by atoms with E-state index < -0.39 is 27.7 Å². The Hall–Kier alpha value is -3.45. The van der Waals surface area contributed by atoms with Gasteiger partial charge in [0.05, 0.1) is 26.0 Å². The van der Waals surface area contributed by atoms with E-state index in [9.17, 15) is 18.3 Å². The summed E-state index contributed by atoms with van der Waals surface area (Å²) in [5.41, 5.74) is 2.22. The maximum atomic E-state index is 14.0. The van der Waals surface area contributed by atoms with Gasteiger partial charge in [0.1, 0.15) is 22.4 Å². The fourth-order valence-electron chi connectivity index (χ4n) is 6.32. The van der Waals surface area contributed by atoms with E-state index in [1.807, 2.05) is 43.7 Å². The van der Waals surface area contributed by atoms with E-state index in [4.69, 9.17) is 9.47 Å². The molecule has 1 spiro atoms. The third-order valence-electron chi connectivity index (χ3n) is 8.67. The summed E-state index contributed by atoms with van der Waals surface area (Å²) >= 11 is 0. The molecule has 0 bridgehead atoms. The minimum absolute atomic E-state index is 0.0108. The molecule has 1 aromatic heterocycles. The lowest BCUT2D eigenvalue weighted by Crippen LogP contribution is -2.59. The normalized spacial score (nSPS) is 24.2. The van der Waals surface area contributed by atoms with Crippen molar-refractivity contribution in [1.82, 2.24) is 24.3 Å². The summed E-state index contributed by atoms with van der Waals surface area (Å²) in [5.74, 6) is 0.550. The van der Waals surface area contributed by atoms with E-state index in [0.29, 0.717) is 25.0 Å². The number of ether oxygens (including phenoxy) is 2. The highest BCUT2D eigenvalue weighted by Crippen LogP contribution is 2.37. The van der Waals surface area contributed by atoms with Gasteiger partial charge >= 0.3 is 0 Å². The van der Waals surface area contributed by atoms with Crippen molar-refractivity contribution in [1.29, 1.82) is 0 Å². The summed E-state index contributed by atoms with van der Waals surface area (Å²) in [5, 5.41) is 18.0. The lowest BCUT2D eigenvalue weighted by Gasteiger charge is -2.43. The number of piperidine rings is 1. The Balaban J connectivity index is 1.31. The lowest BCUT2D eigenvalue weighted by atomic mass is 9.84. The van der Waals surface area contributed by atoms with Crippen molar-refractivity contribution in [2.75, 3.05) is 33.4 Å². The lowest BCUT2D eigenvalue weighted by molar-refractivity contribution is -0.127. The second-order valence-corrected chi connectivity index (χ2v) is 13.4. The molecule has 0 aliphatic carbocycles. The van der Waals surface area contributed by atoms with Crippen LogP contribution in [-0.4, -0.2) is 89.5 Å². The zero-order chi connectivity index (χ0) is 29.5. The van der Waals surface area contributed by atoms with Crippen molar-refractivity contribution in [2.45, 2.75) is 54.8 Å². The number of hydrogen-bond acceptors (Lipinski definition) is 8. The number of hydrogen-bond donors (Lipinski definition) is 2. The number of aliphatic hydroxyl groups excluding tert-OH is 1. The van der Waals surface area contributed by atoms with E-state index in [1.54, 1.807) is 23.9 Å². The number of fused-ring (bicyclic) bond motifs is 2. The number of carbonyl (C=O) groups is 1. The zero-order valence-electron chi connectivity index (χ0n) is 23.9. The van der Waals surface area contributed by atoms with Crippen LogP contribution >= 0.6 is 0 Å². The van der Waals surface area contributed by atoms with Gasteiger partial charge in [-0.25, -0.2) is 8.42 Å². The van der Waals surface area contributed by atoms with Crippen LogP contribution in [-0.2, 0) is 28.4 Å². The second kappa shape index (κ2) is 11.3. The Morgan fingerprint density at radius 1 is 1.14 bits per heavy atom. The van der Waals surface area contributed by atoms with Crippen LogP contribution in [0.25, 0.3) is 11.1 Å². The summed E-state index contributed by atoms with van der Waals surface area (Å²) in [4.78, 5) is 16.0. The van der Waals surface area contributed by atoms with Crippen molar-refractivity contribution >= 4 is 15.9 Å². The third kappa shape index (κ3) is 5.63. The number of likely N-dealkylation sites (tertiary alicyclic amines) is 1. The van der Waals surface area contributed by atoms with Crippen molar-refractivity contribution < 1.29 is 27.8 Å². The molecule has 3 aliphatic rings. The molecule has 11 nitrogen and oxygen atoms in total. The first kappa shape index (κ1) is 28.7. The van der Waals surface area contributed by atoms with Crippen LogP contribution in [0, 0.1) is 0 Å². The number of rotatable bonds is 4. The molecule has 0 radical (unpaired) electrons. The van der Waals surface area contributed by atoms with Gasteiger partial charge in [-0.3, -0.25) is 14.4 Å². The first-order valence-corrected chi connectivity index (χ1v) is 15.7. The average molecular weight is 596 g/mol. The smallest absolute Gasteiger partial charge is 0.247 e. The standard InChI is InChI=1S/C30H37N5O6S/c1-33-18-21(17-31-33)19-34-11-8-30(9-12-34)10-13-41-27-15-23(22-4-3-5-25(14-22)40-2)6-7-28(27)42(38,39)35-20-24(36)16-26(35)29(37)32-30/h3-7,14-15,17-18,24,26,36H,8-13,16,19-20H2,1-2H3,(H,32,37)/t24-,26+/m1/s1. The highest BCUT2D eigenvalue weighted by atomic mass is 32.2. The highest BCUT2D eigenvalue weighted by Gasteiger charge is 2.47. The Morgan fingerprint density at radius 3 is 2.67 bits per heavy atom. The Bertz CT molecular complexity index is 1570. The predicted molar refractivity (Wildman–Crippen MR) is 155 cm³/mol. The Morgan fingerprint density at radius 2 is 1.93 bits per heavy atom. The Labute approximate surface area is 246 Å². The fourth-order valence-corrected chi connectivity index (χ4v) is 8.07. The van der Waals surface area contributed by atoms with Crippen LogP contribution in [0.3, 0.4) is 0 Å². The third-order valence-corrected chi connectivity index (χ3v) is 10.6. The fraction of sp³-hybridized carbons (Fsp3) is 0.467. The molecule has 2 N–H and O–H groups in total. The van der Waals surface area contributed by atoms with Crippen LogP contribution in [0.15, 0.2) is 59.8 Å². The van der Waals surface area contributed by atoms with Crippen molar-refractivity contribution in [3.8, 4) is 22.6 Å². The maximum absolute atomic E-state index is 14.0. The minimum Gasteiger partial charge on any atom is -0.497 e. The number of benzene rings is 2. The Kier molecular flexibility index (Phi) is 7.73. The minimum atomic E-state index is -4.15. The number of sulfonamides is 1. The molecule has 12 heteroatoms. The van der Waals surface area contributed by atoms with Crippen molar-refractivity contribution in [2.24, 2.45) is 7.05 Å². The summed E-state index contributed by atoms with van der Waals surface area (Å²) in [7, 11) is -0.655. The average Bonchev–Trinajstić information content (AvgIpc) is 3.59. The molecule has 42 heavy (non-hydrogen) atoms. The zero-order valence-corrected chi connectivity index (χ0v) is 24.7. The van der Waals surface area contributed by atoms with Crippen molar-refractivity contribution in [3.05, 3.63) is 60.4 Å². The first-order chi connectivity index (χ1) is 20.2. The SMILES string of the molecule is COc1cccc(-c2ccc3c(c2)OCCC2(CCN(Cc4cnn(C)c4)CC2)NC(=O)[C@@H]2C[C@@H](O)CN2S3(=O)=O)c1. The molecule has 2 fully saturated rings. The molecule has 2 saturated heterocycles. The van der Waals surface area contributed by atoms with Gasteiger partial charge < -0.3 is 19.9 Å². The van der Waals surface area contributed by atoms with Crippen LogP contribution in [0.4, 0.5) is 0 Å². The second-order valence-electron chi connectivity index (χ2n) is 11.5. The van der Waals surface area contributed by atoms with Crippen LogP contribution in [0.2, 0.25) is 0 Å². The molecule has 2 atom stereocenters. The molecular weight excluding hydrogens is 558 g/mol. The van der Waals surface area contributed by atoms with E-state index in [1.165, 1.54) is 6.07 Å². The number of amides is 1. The largest absolute Gasteiger partial charge is 0.497 e. The molecule has 3 aromatic rings. The van der Waals surface area contributed by atoms with Crippen molar-refractivity contribution in [3.63, 3.8) is 0 Å². The maximum Gasteiger partial charge on any atom is 0.247 e. The first-order valence-electron chi connectivity index (χ1n) is 14.3. The predicted octanol–water partition coefficient (Wildman–Crippen LogP) is 2.15. The molecule has 6 rings (SSSR count). The monoisotopic (exact) mass is 595 g/mol. The number of carbonyl (C=O) groups excluding carboxylic acids is 1. The topological polar surface area (TPSA) is 126 Å². The molecule has 0 unspecified atom stereocenters. The molecule has 2 aromatic carbocycles. The van der Waals surface area contributed by atoms with E-state index in [2.05, 4.69) is 15.3 Å². The molecule has 3 aliphatic heterocycles. The van der Waals surface area contributed by atoms with E-state index in [0.717, 1.165) is 40.6 Å². The molecule has 224 valence electrons. The van der Waals surface area contributed by atoms with Gasteiger partial charge in [0.25, 0.3) is 0 Å². The molecule has 4 heterocycles. The van der Waals surface area contributed by atoms with Gasteiger partial charge in [0.2, 0.25) is 15.9 Å². The summed E-state index contributed by atoms with van der Waals surface area (Å²) in [6.07, 6.45) is 4.90. The number of nitrogens with zero attached hydrogens (tertiary/aromatic N) is 4. The molecule has 1 amide bonds. The molecular formula is C30H37N5O6S. The van der Waals surface area contributed by atoms with Gasteiger partial charge in [-0.05, 0) is 48.2 Å². The van der Waals surface area contributed by atoms with Crippen LogP contribution < -0.4 is 14.8 Å². The van der Waals surface area contributed by atoms with Gasteiger partial charge in [0, 0.05) is 63.4 Å². The number of aliphatic hydroxyl groups is 1. The summed E-state index contributed by atoms with van der Waals surface area (Å²) < 4.78 is 42.5. The number of methoxy groups -OCH3 is 1. The van der Waals surface area contributed by atoms with E-state index in [-0.39, 0.29) is 36.1 Å².